The number of amides is 1. The van der Waals surface area contributed by atoms with E-state index in [1.807, 2.05) is 0 Å². The number of unbranched alkanes of at least 4 members (excludes halogenated alkanes) is 10. The molecule has 2 nitrogen and oxygen atoms in total. The Hall–Kier alpha value is -0.530. The summed E-state index contributed by atoms with van der Waals surface area (Å²) in [6.45, 7) is 13.4. The van der Waals surface area contributed by atoms with Gasteiger partial charge in [0.2, 0.25) is 5.91 Å². The molecule has 0 aliphatic rings. The highest BCUT2D eigenvalue weighted by molar-refractivity contribution is 5.76. The van der Waals surface area contributed by atoms with Crippen molar-refractivity contribution < 1.29 is 4.79 Å². The predicted octanol–water partition coefficient (Wildman–Crippen LogP) is 9.17. The van der Waals surface area contributed by atoms with Gasteiger partial charge in [-0.05, 0) is 31.1 Å². The molecular formula is C28H57NO. The maximum absolute atomic E-state index is 13.1. The Labute approximate surface area is 191 Å². The summed E-state index contributed by atoms with van der Waals surface area (Å²) in [5.74, 6) is 1.80. The van der Waals surface area contributed by atoms with E-state index in [1.165, 1.54) is 103 Å². The normalized spacial score (nSPS) is 13.4. The molecule has 0 bridgehead atoms. The zero-order chi connectivity index (χ0) is 22.5. The Balaban J connectivity index is 4.47. The molecule has 0 saturated heterocycles. The van der Waals surface area contributed by atoms with Crippen molar-refractivity contribution in [3.63, 3.8) is 0 Å². The highest BCUT2D eigenvalue weighted by Crippen LogP contribution is 2.20. The molecule has 0 aromatic heterocycles. The number of carbonyl (C=O) groups is 1. The number of hydrogen-bond donors (Lipinski definition) is 0. The average Bonchev–Trinajstić information content (AvgIpc) is 2.76. The molecule has 0 radical (unpaired) electrons. The minimum absolute atomic E-state index is 0.433. The number of hydrogen-bond acceptors (Lipinski definition) is 1. The molecule has 0 spiro atoms. The van der Waals surface area contributed by atoms with Gasteiger partial charge in [0.25, 0.3) is 0 Å². The SMILES string of the molecule is CCCCCCCCCCCC(=O)N(CC(CC)CCCC)CC(CC)CCCC. The fraction of sp³-hybridized carbons (Fsp3) is 0.964. The highest BCUT2D eigenvalue weighted by Gasteiger charge is 2.21. The number of nitrogens with zero attached hydrogens (tertiary/aromatic N) is 1. The van der Waals surface area contributed by atoms with Gasteiger partial charge in [-0.3, -0.25) is 4.79 Å². The van der Waals surface area contributed by atoms with Gasteiger partial charge < -0.3 is 4.90 Å². The van der Waals surface area contributed by atoms with Crippen LogP contribution in [0.3, 0.4) is 0 Å². The van der Waals surface area contributed by atoms with Crippen LogP contribution in [0, 0.1) is 11.8 Å². The molecule has 0 aromatic rings. The molecule has 2 atom stereocenters. The molecule has 30 heavy (non-hydrogen) atoms. The first kappa shape index (κ1) is 29.5. The monoisotopic (exact) mass is 423 g/mol. The average molecular weight is 424 g/mol. The molecular weight excluding hydrogens is 366 g/mol. The van der Waals surface area contributed by atoms with Crippen molar-refractivity contribution in [3.05, 3.63) is 0 Å². The maximum atomic E-state index is 13.1. The lowest BCUT2D eigenvalue weighted by molar-refractivity contribution is -0.132. The maximum Gasteiger partial charge on any atom is 0.222 e. The van der Waals surface area contributed by atoms with Gasteiger partial charge >= 0.3 is 0 Å². The van der Waals surface area contributed by atoms with E-state index < -0.39 is 0 Å². The van der Waals surface area contributed by atoms with Crippen molar-refractivity contribution in [2.45, 2.75) is 150 Å². The second-order valence-corrected chi connectivity index (χ2v) is 9.71. The van der Waals surface area contributed by atoms with Gasteiger partial charge in [0.1, 0.15) is 0 Å². The molecule has 0 N–H and O–H groups in total. The highest BCUT2D eigenvalue weighted by atomic mass is 16.2. The third-order valence-electron chi connectivity index (χ3n) is 6.89. The van der Waals surface area contributed by atoms with Gasteiger partial charge in [-0.25, -0.2) is 0 Å². The van der Waals surface area contributed by atoms with Crippen LogP contribution in [0.2, 0.25) is 0 Å². The molecule has 0 saturated carbocycles. The van der Waals surface area contributed by atoms with Gasteiger partial charge in [0.15, 0.2) is 0 Å². The second-order valence-electron chi connectivity index (χ2n) is 9.71. The third kappa shape index (κ3) is 16.2. The molecule has 0 aromatic carbocycles. The van der Waals surface area contributed by atoms with Crippen molar-refractivity contribution in [2.24, 2.45) is 11.8 Å². The molecule has 1 amide bonds. The van der Waals surface area contributed by atoms with Crippen LogP contribution in [0.4, 0.5) is 0 Å². The van der Waals surface area contributed by atoms with Crippen molar-refractivity contribution in [1.29, 1.82) is 0 Å². The number of carbonyl (C=O) groups excluding carboxylic acids is 1. The molecule has 0 aliphatic heterocycles. The van der Waals surface area contributed by atoms with Gasteiger partial charge in [0.05, 0.1) is 0 Å². The van der Waals surface area contributed by atoms with E-state index in [-0.39, 0.29) is 0 Å². The Kier molecular flexibility index (Phi) is 21.3. The lowest BCUT2D eigenvalue weighted by Crippen LogP contribution is -2.38. The van der Waals surface area contributed by atoms with E-state index in [0.717, 1.165) is 25.9 Å². The van der Waals surface area contributed by atoms with Crippen LogP contribution in [0.1, 0.15) is 150 Å². The van der Waals surface area contributed by atoms with E-state index in [2.05, 4.69) is 39.5 Å². The Morgan fingerprint density at radius 1 is 0.567 bits per heavy atom. The van der Waals surface area contributed by atoms with E-state index in [4.69, 9.17) is 0 Å². The third-order valence-corrected chi connectivity index (χ3v) is 6.89. The van der Waals surface area contributed by atoms with Gasteiger partial charge in [-0.15, -0.1) is 0 Å². The summed E-state index contributed by atoms with van der Waals surface area (Å²) in [6.07, 6.45) is 22.7. The van der Waals surface area contributed by atoms with Crippen molar-refractivity contribution in [1.82, 2.24) is 4.90 Å². The molecule has 2 heteroatoms. The Bertz CT molecular complexity index is 350. The standard InChI is InChI=1S/C28H57NO/c1-6-11-14-15-16-17-18-19-20-23-28(30)29(24-26(9-4)21-12-7-2)25-27(10-5)22-13-8-3/h26-27H,6-25H2,1-5H3. The van der Waals surface area contributed by atoms with Gasteiger partial charge in [0, 0.05) is 19.5 Å². The van der Waals surface area contributed by atoms with Crippen molar-refractivity contribution in [2.75, 3.05) is 13.1 Å². The molecule has 0 aliphatic carbocycles. The number of rotatable bonds is 22. The van der Waals surface area contributed by atoms with E-state index in [1.54, 1.807) is 0 Å². The van der Waals surface area contributed by atoms with Crippen LogP contribution >= 0.6 is 0 Å². The van der Waals surface area contributed by atoms with Gasteiger partial charge in [-0.1, -0.05) is 125 Å². The van der Waals surface area contributed by atoms with Crippen LogP contribution < -0.4 is 0 Å². The fourth-order valence-electron chi connectivity index (χ4n) is 4.48. The minimum atomic E-state index is 0.433. The first-order chi connectivity index (χ1) is 14.6. The molecule has 0 fully saturated rings. The fourth-order valence-corrected chi connectivity index (χ4v) is 4.48. The van der Waals surface area contributed by atoms with Crippen molar-refractivity contribution >= 4 is 5.91 Å². The topological polar surface area (TPSA) is 20.3 Å². The first-order valence-electron chi connectivity index (χ1n) is 13.9. The van der Waals surface area contributed by atoms with E-state index in [0.29, 0.717) is 17.7 Å². The minimum Gasteiger partial charge on any atom is -0.342 e. The second kappa shape index (κ2) is 21.7. The quantitative estimate of drug-likeness (QED) is 0.159. The summed E-state index contributed by atoms with van der Waals surface area (Å²) < 4.78 is 0. The molecule has 0 rings (SSSR count). The molecule has 180 valence electrons. The predicted molar refractivity (Wildman–Crippen MR) is 135 cm³/mol. The largest absolute Gasteiger partial charge is 0.342 e. The van der Waals surface area contributed by atoms with Crippen LogP contribution in [0.25, 0.3) is 0 Å². The lowest BCUT2D eigenvalue weighted by atomic mass is 9.95. The van der Waals surface area contributed by atoms with Crippen LogP contribution in [0.15, 0.2) is 0 Å². The zero-order valence-corrected chi connectivity index (χ0v) is 21.7. The molecule has 0 heterocycles. The lowest BCUT2D eigenvalue weighted by Gasteiger charge is -2.31. The van der Waals surface area contributed by atoms with Crippen LogP contribution in [0.5, 0.6) is 0 Å². The summed E-state index contributed by atoms with van der Waals surface area (Å²) in [5, 5.41) is 0. The Morgan fingerprint density at radius 3 is 1.37 bits per heavy atom. The zero-order valence-electron chi connectivity index (χ0n) is 21.7. The van der Waals surface area contributed by atoms with Crippen LogP contribution in [-0.2, 0) is 4.79 Å². The Morgan fingerprint density at radius 2 is 0.967 bits per heavy atom. The first-order valence-corrected chi connectivity index (χ1v) is 13.9. The van der Waals surface area contributed by atoms with E-state index >= 15 is 0 Å². The van der Waals surface area contributed by atoms with E-state index in [9.17, 15) is 4.79 Å². The van der Waals surface area contributed by atoms with Crippen molar-refractivity contribution in [3.8, 4) is 0 Å². The smallest absolute Gasteiger partial charge is 0.222 e. The summed E-state index contributed by atoms with van der Waals surface area (Å²) in [6, 6.07) is 0. The van der Waals surface area contributed by atoms with Crippen LogP contribution in [-0.4, -0.2) is 23.9 Å². The molecule has 2 unspecified atom stereocenters. The van der Waals surface area contributed by atoms with Gasteiger partial charge in [-0.2, -0.15) is 0 Å². The summed E-state index contributed by atoms with van der Waals surface area (Å²) in [7, 11) is 0. The summed E-state index contributed by atoms with van der Waals surface area (Å²) >= 11 is 0. The summed E-state index contributed by atoms with van der Waals surface area (Å²) in [4.78, 5) is 15.4. The summed E-state index contributed by atoms with van der Waals surface area (Å²) in [5.41, 5.74) is 0.